The van der Waals surface area contributed by atoms with Crippen molar-refractivity contribution in [2.24, 2.45) is 0 Å². The van der Waals surface area contributed by atoms with Crippen molar-refractivity contribution in [1.82, 2.24) is 25.0 Å². The number of benzene rings is 1. The lowest BCUT2D eigenvalue weighted by Crippen LogP contribution is -2.38. The highest BCUT2D eigenvalue weighted by molar-refractivity contribution is 7.11. The van der Waals surface area contributed by atoms with E-state index in [9.17, 15) is 4.79 Å². The highest BCUT2D eigenvalue weighted by atomic mass is 32.1. The SMILES string of the molecule is Cc1nc(C(C)N(C)C(=O)NCc2cnn(Cc3ccccc3)c2)c(C)s1. The Morgan fingerprint density at radius 1 is 1.26 bits per heavy atom. The molecule has 3 aromatic rings. The topological polar surface area (TPSA) is 63.1 Å². The number of thiazole rings is 1. The molecule has 0 aliphatic heterocycles. The molecule has 1 aromatic carbocycles. The zero-order chi connectivity index (χ0) is 19.4. The van der Waals surface area contributed by atoms with E-state index in [1.54, 1.807) is 29.5 Å². The largest absolute Gasteiger partial charge is 0.334 e. The van der Waals surface area contributed by atoms with Gasteiger partial charge in [0.05, 0.1) is 29.5 Å². The van der Waals surface area contributed by atoms with Gasteiger partial charge in [0.25, 0.3) is 0 Å². The van der Waals surface area contributed by atoms with Gasteiger partial charge >= 0.3 is 6.03 Å². The molecule has 0 aliphatic carbocycles. The molecule has 0 bridgehead atoms. The van der Waals surface area contributed by atoms with E-state index in [1.165, 1.54) is 5.56 Å². The molecule has 2 aromatic heterocycles. The first-order chi connectivity index (χ1) is 12.9. The van der Waals surface area contributed by atoms with Crippen molar-refractivity contribution < 1.29 is 4.79 Å². The predicted molar refractivity (Wildman–Crippen MR) is 108 cm³/mol. The molecule has 2 amide bonds. The maximum atomic E-state index is 12.5. The molecule has 0 saturated carbocycles. The van der Waals surface area contributed by atoms with E-state index in [4.69, 9.17) is 0 Å². The monoisotopic (exact) mass is 383 g/mol. The van der Waals surface area contributed by atoms with Gasteiger partial charge in [-0.25, -0.2) is 9.78 Å². The van der Waals surface area contributed by atoms with Gasteiger partial charge in [-0.15, -0.1) is 11.3 Å². The number of nitrogens with one attached hydrogen (secondary N) is 1. The molecule has 27 heavy (non-hydrogen) atoms. The molecule has 2 heterocycles. The van der Waals surface area contributed by atoms with E-state index >= 15 is 0 Å². The molecule has 0 radical (unpaired) electrons. The zero-order valence-corrected chi connectivity index (χ0v) is 17.0. The third-order valence-electron chi connectivity index (χ3n) is 4.55. The van der Waals surface area contributed by atoms with Crippen LogP contribution in [0.3, 0.4) is 0 Å². The van der Waals surface area contributed by atoms with E-state index in [2.05, 4.69) is 27.5 Å². The lowest BCUT2D eigenvalue weighted by Gasteiger charge is -2.24. The normalized spacial score (nSPS) is 12.0. The second-order valence-corrected chi connectivity index (χ2v) is 8.06. The van der Waals surface area contributed by atoms with Gasteiger partial charge in [0.2, 0.25) is 0 Å². The van der Waals surface area contributed by atoms with Crippen LogP contribution in [0.5, 0.6) is 0 Å². The molecule has 1 atom stereocenters. The molecular formula is C20H25N5OS. The number of hydrogen-bond donors (Lipinski definition) is 1. The highest BCUT2D eigenvalue weighted by Crippen LogP contribution is 2.25. The van der Waals surface area contributed by atoms with Crippen LogP contribution in [0, 0.1) is 13.8 Å². The Labute approximate surface area is 163 Å². The molecule has 0 saturated heterocycles. The van der Waals surface area contributed by atoms with Crippen molar-refractivity contribution in [1.29, 1.82) is 0 Å². The number of rotatable bonds is 6. The summed E-state index contributed by atoms with van der Waals surface area (Å²) < 4.78 is 1.88. The number of urea groups is 1. The third kappa shape index (κ3) is 4.74. The van der Waals surface area contributed by atoms with Crippen LogP contribution in [0.25, 0.3) is 0 Å². The van der Waals surface area contributed by atoms with Crippen LogP contribution in [-0.4, -0.2) is 32.7 Å². The fourth-order valence-corrected chi connectivity index (χ4v) is 3.86. The summed E-state index contributed by atoms with van der Waals surface area (Å²) >= 11 is 1.66. The Hall–Kier alpha value is -2.67. The van der Waals surface area contributed by atoms with Crippen LogP contribution in [-0.2, 0) is 13.1 Å². The number of aromatic nitrogens is 3. The average Bonchev–Trinajstić information content (AvgIpc) is 3.24. The first-order valence-electron chi connectivity index (χ1n) is 8.94. The third-order valence-corrected chi connectivity index (χ3v) is 5.46. The maximum Gasteiger partial charge on any atom is 0.317 e. The van der Waals surface area contributed by atoms with E-state index in [-0.39, 0.29) is 12.1 Å². The molecule has 0 spiro atoms. The Morgan fingerprint density at radius 3 is 2.67 bits per heavy atom. The van der Waals surface area contributed by atoms with Gasteiger partial charge in [-0.1, -0.05) is 30.3 Å². The van der Waals surface area contributed by atoms with Crippen molar-refractivity contribution in [2.45, 2.75) is 39.9 Å². The number of carbonyl (C=O) groups is 1. The molecule has 0 aliphatic rings. The van der Waals surface area contributed by atoms with Crippen LogP contribution in [0.1, 0.15) is 39.7 Å². The second kappa shape index (κ2) is 8.35. The highest BCUT2D eigenvalue weighted by Gasteiger charge is 2.21. The molecule has 3 rings (SSSR count). The van der Waals surface area contributed by atoms with E-state index in [0.29, 0.717) is 13.1 Å². The Bertz CT molecular complexity index is 902. The quantitative estimate of drug-likeness (QED) is 0.702. The fourth-order valence-electron chi connectivity index (χ4n) is 2.95. The second-order valence-electron chi connectivity index (χ2n) is 6.65. The Balaban J connectivity index is 1.55. The molecule has 142 valence electrons. The number of nitrogens with zero attached hydrogens (tertiary/aromatic N) is 4. The molecule has 1 unspecified atom stereocenters. The Morgan fingerprint density at radius 2 is 2.00 bits per heavy atom. The summed E-state index contributed by atoms with van der Waals surface area (Å²) in [5, 5.41) is 8.36. The van der Waals surface area contributed by atoms with Crippen LogP contribution >= 0.6 is 11.3 Å². The fraction of sp³-hybridized carbons (Fsp3) is 0.350. The van der Waals surface area contributed by atoms with Crippen molar-refractivity contribution in [3.8, 4) is 0 Å². The zero-order valence-electron chi connectivity index (χ0n) is 16.1. The molecular weight excluding hydrogens is 358 g/mol. The van der Waals surface area contributed by atoms with Crippen molar-refractivity contribution in [3.63, 3.8) is 0 Å². The standard InChI is InChI=1S/C20H25N5OS/c1-14(19-15(2)27-16(3)23-19)24(4)20(26)21-10-18-11-22-25(13-18)12-17-8-6-5-7-9-17/h5-9,11,13-14H,10,12H2,1-4H3,(H,21,26). The van der Waals surface area contributed by atoms with E-state index in [1.807, 2.05) is 49.8 Å². The summed E-state index contributed by atoms with van der Waals surface area (Å²) in [4.78, 5) is 19.9. The smallest absolute Gasteiger partial charge is 0.317 e. The van der Waals surface area contributed by atoms with Gasteiger partial charge in [0, 0.05) is 30.2 Å². The predicted octanol–water partition coefficient (Wildman–Crippen LogP) is 3.91. The van der Waals surface area contributed by atoms with Gasteiger partial charge in [0.15, 0.2) is 0 Å². The number of aryl methyl sites for hydroxylation is 2. The first kappa shape index (κ1) is 19.1. The summed E-state index contributed by atoms with van der Waals surface area (Å²) in [6.45, 7) is 7.19. The summed E-state index contributed by atoms with van der Waals surface area (Å²) in [6.07, 6.45) is 3.76. The van der Waals surface area contributed by atoms with Gasteiger partial charge in [0.1, 0.15) is 0 Å². The summed E-state index contributed by atoms with van der Waals surface area (Å²) in [5.74, 6) is 0. The molecule has 1 N–H and O–H groups in total. The van der Waals surface area contributed by atoms with Crippen LogP contribution in [0.4, 0.5) is 4.79 Å². The van der Waals surface area contributed by atoms with Crippen LogP contribution in [0.2, 0.25) is 0 Å². The van der Waals surface area contributed by atoms with Gasteiger partial charge < -0.3 is 10.2 Å². The minimum Gasteiger partial charge on any atom is -0.334 e. The molecule has 6 nitrogen and oxygen atoms in total. The van der Waals surface area contributed by atoms with Crippen LogP contribution < -0.4 is 5.32 Å². The van der Waals surface area contributed by atoms with Gasteiger partial charge in [-0.2, -0.15) is 5.10 Å². The van der Waals surface area contributed by atoms with Crippen molar-refractivity contribution in [2.75, 3.05) is 7.05 Å². The summed E-state index contributed by atoms with van der Waals surface area (Å²) in [7, 11) is 1.80. The maximum absolute atomic E-state index is 12.5. The van der Waals surface area contributed by atoms with E-state index in [0.717, 1.165) is 21.1 Å². The van der Waals surface area contributed by atoms with Crippen molar-refractivity contribution >= 4 is 17.4 Å². The van der Waals surface area contributed by atoms with Gasteiger partial charge in [-0.3, -0.25) is 4.68 Å². The summed E-state index contributed by atoms with van der Waals surface area (Å²) in [6, 6.07) is 9.98. The minimum absolute atomic E-state index is 0.0734. The lowest BCUT2D eigenvalue weighted by molar-refractivity contribution is 0.193. The Kier molecular flexibility index (Phi) is 5.91. The van der Waals surface area contributed by atoms with E-state index < -0.39 is 0 Å². The lowest BCUT2D eigenvalue weighted by atomic mass is 10.2. The first-order valence-corrected chi connectivity index (χ1v) is 9.75. The van der Waals surface area contributed by atoms with Gasteiger partial charge in [-0.05, 0) is 26.3 Å². The number of hydrogen-bond acceptors (Lipinski definition) is 4. The number of amides is 2. The molecule has 7 heteroatoms. The average molecular weight is 384 g/mol. The molecule has 0 fully saturated rings. The number of carbonyl (C=O) groups excluding carboxylic acids is 1. The summed E-state index contributed by atoms with van der Waals surface area (Å²) in [5.41, 5.74) is 3.13. The van der Waals surface area contributed by atoms with Crippen molar-refractivity contribution in [3.05, 3.63) is 69.4 Å². The minimum atomic E-state index is -0.122. The van der Waals surface area contributed by atoms with Crippen LogP contribution in [0.15, 0.2) is 42.7 Å².